The predicted octanol–water partition coefficient (Wildman–Crippen LogP) is 2.34. The first-order valence-electron chi connectivity index (χ1n) is 7.15. The average molecular weight is 296 g/mol. The summed E-state index contributed by atoms with van der Waals surface area (Å²) in [6.45, 7) is 3.19. The molecule has 1 saturated heterocycles. The van der Waals surface area contributed by atoms with E-state index in [-0.39, 0.29) is 5.91 Å². The summed E-state index contributed by atoms with van der Waals surface area (Å²) in [5, 5.41) is 3.56. The maximum atomic E-state index is 12.0. The first-order chi connectivity index (χ1) is 9.67. The van der Waals surface area contributed by atoms with Crippen molar-refractivity contribution in [2.24, 2.45) is 11.7 Å². The molecule has 0 atom stereocenters. The number of hydrogen-bond acceptors (Lipinski definition) is 3. The number of nitrogens with one attached hydrogen (secondary N) is 1. The largest absolute Gasteiger partial charge is 0.330 e. The Bertz CT molecular complexity index is 427. The van der Waals surface area contributed by atoms with E-state index in [4.69, 9.17) is 17.3 Å². The van der Waals surface area contributed by atoms with Crippen LogP contribution in [0.25, 0.3) is 0 Å². The lowest BCUT2D eigenvalue weighted by Gasteiger charge is -2.31. The van der Waals surface area contributed by atoms with E-state index in [1.165, 1.54) is 0 Å². The molecule has 1 amide bonds. The Balaban J connectivity index is 1.74. The van der Waals surface area contributed by atoms with Crippen LogP contribution in [0.5, 0.6) is 0 Å². The molecule has 0 spiro atoms. The molecular formula is C15H22ClN3O. The van der Waals surface area contributed by atoms with Gasteiger partial charge in [-0.25, -0.2) is 0 Å². The van der Waals surface area contributed by atoms with Gasteiger partial charge in [-0.15, -0.1) is 0 Å². The van der Waals surface area contributed by atoms with E-state index < -0.39 is 0 Å². The van der Waals surface area contributed by atoms with Gasteiger partial charge in [0.05, 0.1) is 6.54 Å². The molecule has 0 radical (unpaired) electrons. The summed E-state index contributed by atoms with van der Waals surface area (Å²) in [7, 11) is 0. The summed E-state index contributed by atoms with van der Waals surface area (Å²) in [5.74, 6) is 0.764. The molecule has 1 aromatic rings. The summed E-state index contributed by atoms with van der Waals surface area (Å²) < 4.78 is 0. The summed E-state index contributed by atoms with van der Waals surface area (Å²) in [5.41, 5.74) is 6.37. The van der Waals surface area contributed by atoms with Crippen molar-refractivity contribution >= 4 is 23.2 Å². The van der Waals surface area contributed by atoms with Crippen molar-refractivity contribution in [2.75, 3.05) is 31.5 Å². The lowest BCUT2D eigenvalue weighted by molar-refractivity contribution is -0.117. The van der Waals surface area contributed by atoms with E-state index in [1.54, 1.807) is 12.1 Å². The number of amides is 1. The van der Waals surface area contributed by atoms with Gasteiger partial charge in [0.1, 0.15) is 0 Å². The summed E-state index contributed by atoms with van der Waals surface area (Å²) in [6, 6.07) is 7.17. The fraction of sp³-hybridized carbons (Fsp3) is 0.533. The third-order valence-corrected chi connectivity index (χ3v) is 4.03. The maximum Gasteiger partial charge on any atom is 0.238 e. The van der Waals surface area contributed by atoms with Gasteiger partial charge in [-0.1, -0.05) is 11.6 Å². The quantitative estimate of drug-likeness (QED) is 0.876. The number of anilines is 1. The van der Waals surface area contributed by atoms with Crippen LogP contribution in [0, 0.1) is 5.92 Å². The third kappa shape index (κ3) is 4.78. The second kappa shape index (κ2) is 7.62. The molecule has 1 aliphatic rings. The number of rotatable bonds is 5. The number of carbonyl (C=O) groups excluding carboxylic acids is 1. The van der Waals surface area contributed by atoms with E-state index in [9.17, 15) is 4.79 Å². The fourth-order valence-electron chi connectivity index (χ4n) is 2.61. The molecule has 1 fully saturated rings. The maximum absolute atomic E-state index is 12.0. The Labute approximate surface area is 125 Å². The Morgan fingerprint density at radius 2 is 1.95 bits per heavy atom. The van der Waals surface area contributed by atoms with Gasteiger partial charge in [-0.05, 0) is 69.1 Å². The lowest BCUT2D eigenvalue weighted by atomic mass is 9.94. The minimum atomic E-state index is 0.0320. The highest BCUT2D eigenvalue weighted by Gasteiger charge is 2.20. The van der Waals surface area contributed by atoms with Crippen LogP contribution in [0.1, 0.15) is 19.3 Å². The Morgan fingerprint density at radius 1 is 1.30 bits per heavy atom. The van der Waals surface area contributed by atoms with Gasteiger partial charge in [-0.2, -0.15) is 0 Å². The van der Waals surface area contributed by atoms with Gasteiger partial charge in [0.25, 0.3) is 0 Å². The smallest absolute Gasteiger partial charge is 0.238 e. The van der Waals surface area contributed by atoms with Gasteiger partial charge in [0.2, 0.25) is 5.91 Å². The number of carbonyl (C=O) groups is 1. The molecule has 110 valence electrons. The molecule has 1 heterocycles. The average Bonchev–Trinajstić information content (AvgIpc) is 2.44. The van der Waals surface area contributed by atoms with E-state index in [2.05, 4.69) is 10.2 Å². The molecule has 2 rings (SSSR count). The highest BCUT2D eigenvalue weighted by molar-refractivity contribution is 6.30. The van der Waals surface area contributed by atoms with Gasteiger partial charge in [0, 0.05) is 10.7 Å². The van der Waals surface area contributed by atoms with Crippen LogP contribution in [0.2, 0.25) is 5.02 Å². The van der Waals surface area contributed by atoms with E-state index >= 15 is 0 Å². The highest BCUT2D eigenvalue weighted by atomic mass is 35.5. The first-order valence-corrected chi connectivity index (χ1v) is 7.53. The predicted molar refractivity (Wildman–Crippen MR) is 82.9 cm³/mol. The zero-order valence-electron chi connectivity index (χ0n) is 11.6. The van der Waals surface area contributed by atoms with E-state index in [0.717, 1.165) is 50.5 Å². The highest BCUT2D eigenvalue weighted by Crippen LogP contribution is 2.19. The molecule has 1 aromatic carbocycles. The number of halogens is 1. The first kappa shape index (κ1) is 15.3. The zero-order chi connectivity index (χ0) is 14.4. The standard InChI is InChI=1S/C15H22ClN3O/c16-13-1-3-14(4-2-13)18-15(20)11-19-9-6-12(5-8-17)7-10-19/h1-4,12H,5-11,17H2,(H,18,20). The summed E-state index contributed by atoms with van der Waals surface area (Å²) in [4.78, 5) is 14.2. The Kier molecular flexibility index (Phi) is 5.83. The SMILES string of the molecule is NCCC1CCN(CC(=O)Nc2ccc(Cl)cc2)CC1. The van der Waals surface area contributed by atoms with Crippen LogP contribution in [0.4, 0.5) is 5.69 Å². The fourth-order valence-corrected chi connectivity index (χ4v) is 2.73. The van der Waals surface area contributed by atoms with Crippen molar-refractivity contribution in [3.63, 3.8) is 0 Å². The zero-order valence-corrected chi connectivity index (χ0v) is 12.4. The van der Waals surface area contributed by atoms with Gasteiger partial charge < -0.3 is 11.1 Å². The monoisotopic (exact) mass is 295 g/mol. The van der Waals surface area contributed by atoms with Crippen molar-refractivity contribution in [1.29, 1.82) is 0 Å². The van der Waals surface area contributed by atoms with Crippen LogP contribution in [0.15, 0.2) is 24.3 Å². The van der Waals surface area contributed by atoms with E-state index in [1.807, 2.05) is 12.1 Å². The van der Waals surface area contributed by atoms with Crippen LogP contribution < -0.4 is 11.1 Å². The molecule has 20 heavy (non-hydrogen) atoms. The Hall–Kier alpha value is -1.10. The minimum absolute atomic E-state index is 0.0320. The van der Waals surface area contributed by atoms with Crippen LogP contribution in [0.3, 0.4) is 0 Å². The number of piperidine rings is 1. The number of hydrogen-bond donors (Lipinski definition) is 2. The van der Waals surface area contributed by atoms with Gasteiger partial charge >= 0.3 is 0 Å². The molecule has 0 saturated carbocycles. The lowest BCUT2D eigenvalue weighted by Crippen LogP contribution is -2.39. The molecule has 1 aliphatic heterocycles. The number of benzene rings is 1. The van der Waals surface area contributed by atoms with Crippen LogP contribution in [-0.2, 0) is 4.79 Å². The van der Waals surface area contributed by atoms with Gasteiger partial charge in [0.15, 0.2) is 0 Å². The van der Waals surface area contributed by atoms with E-state index in [0.29, 0.717) is 11.6 Å². The molecular weight excluding hydrogens is 274 g/mol. The van der Waals surface area contributed by atoms with Crippen molar-refractivity contribution in [1.82, 2.24) is 4.90 Å². The molecule has 0 aromatic heterocycles. The Morgan fingerprint density at radius 3 is 2.55 bits per heavy atom. The molecule has 4 nitrogen and oxygen atoms in total. The van der Waals surface area contributed by atoms with Crippen LogP contribution >= 0.6 is 11.6 Å². The van der Waals surface area contributed by atoms with Crippen molar-refractivity contribution in [3.8, 4) is 0 Å². The van der Waals surface area contributed by atoms with Crippen molar-refractivity contribution in [3.05, 3.63) is 29.3 Å². The minimum Gasteiger partial charge on any atom is -0.330 e. The van der Waals surface area contributed by atoms with Crippen LogP contribution in [-0.4, -0.2) is 37.0 Å². The number of likely N-dealkylation sites (tertiary alicyclic amines) is 1. The number of nitrogens with two attached hydrogens (primary N) is 1. The number of nitrogens with zero attached hydrogens (tertiary/aromatic N) is 1. The second-order valence-electron chi connectivity index (χ2n) is 5.35. The molecule has 3 N–H and O–H groups in total. The molecule has 0 aliphatic carbocycles. The van der Waals surface area contributed by atoms with Crippen molar-refractivity contribution < 1.29 is 4.79 Å². The van der Waals surface area contributed by atoms with Gasteiger partial charge in [-0.3, -0.25) is 9.69 Å². The molecule has 0 bridgehead atoms. The molecule has 5 heteroatoms. The third-order valence-electron chi connectivity index (χ3n) is 3.78. The normalized spacial score (nSPS) is 17.1. The topological polar surface area (TPSA) is 58.4 Å². The second-order valence-corrected chi connectivity index (χ2v) is 5.79. The summed E-state index contributed by atoms with van der Waals surface area (Å²) in [6.07, 6.45) is 3.39. The summed E-state index contributed by atoms with van der Waals surface area (Å²) >= 11 is 5.81. The van der Waals surface area contributed by atoms with Crippen molar-refractivity contribution in [2.45, 2.75) is 19.3 Å². The molecule has 0 unspecified atom stereocenters.